The van der Waals surface area contributed by atoms with Crippen molar-refractivity contribution in [3.8, 4) is 5.75 Å². The Morgan fingerprint density at radius 2 is 1.77 bits per heavy atom. The van der Waals surface area contributed by atoms with Gasteiger partial charge in [0.05, 0.1) is 19.1 Å². The van der Waals surface area contributed by atoms with Crippen LogP contribution in [0.3, 0.4) is 0 Å². The number of amides is 2. The number of rotatable bonds is 12. The second-order valence-electron chi connectivity index (χ2n) is 8.68. The third-order valence-electron chi connectivity index (χ3n) is 5.35. The zero-order valence-corrected chi connectivity index (χ0v) is 23.2. The molecule has 0 fully saturated rings. The summed E-state index contributed by atoms with van der Waals surface area (Å²) >= 11 is 3.34. The number of nitrogens with one attached hydrogen (secondary N) is 1. The molecule has 0 saturated carbocycles. The SMILES string of the molecule is CC[C@H](C(=O)NCC(C)C)N(Cc1cccc(OC)c1)C(=O)CN(c1ccc(Br)cc1)S(C)(=O)=O. The number of hydrogen-bond donors (Lipinski definition) is 1. The molecule has 0 aliphatic heterocycles. The molecule has 10 heteroatoms. The highest BCUT2D eigenvalue weighted by atomic mass is 79.9. The number of nitrogens with zero attached hydrogens (tertiary/aromatic N) is 2. The quantitative estimate of drug-likeness (QED) is 0.420. The molecule has 0 radical (unpaired) electrons. The number of carbonyl (C=O) groups excluding carboxylic acids is 2. The standard InChI is InChI=1S/C25H34BrN3O5S/c1-6-23(25(31)27-15-18(2)3)28(16-19-8-7-9-22(14-19)34-4)24(30)17-29(35(5,32)33)21-12-10-20(26)11-13-21/h7-14,18,23H,6,15-17H2,1-5H3,(H,27,31)/t23-/m1/s1. The van der Waals surface area contributed by atoms with Crippen molar-refractivity contribution in [1.29, 1.82) is 0 Å². The molecule has 2 aromatic rings. The average Bonchev–Trinajstić information content (AvgIpc) is 2.81. The summed E-state index contributed by atoms with van der Waals surface area (Å²) in [6, 6.07) is 13.1. The molecular formula is C25H34BrN3O5S. The zero-order valence-electron chi connectivity index (χ0n) is 20.8. The van der Waals surface area contributed by atoms with E-state index in [0.29, 0.717) is 24.4 Å². The van der Waals surface area contributed by atoms with Crippen molar-refractivity contribution in [2.45, 2.75) is 39.8 Å². The van der Waals surface area contributed by atoms with Gasteiger partial charge in [-0.1, -0.05) is 48.8 Å². The Balaban J connectivity index is 2.42. The van der Waals surface area contributed by atoms with Gasteiger partial charge in [-0.15, -0.1) is 0 Å². The fourth-order valence-corrected chi connectivity index (χ4v) is 4.64. The maximum absolute atomic E-state index is 13.6. The second kappa shape index (κ2) is 12.9. The molecule has 0 aliphatic carbocycles. The van der Waals surface area contributed by atoms with Gasteiger partial charge in [-0.25, -0.2) is 8.42 Å². The maximum Gasteiger partial charge on any atom is 0.244 e. The summed E-state index contributed by atoms with van der Waals surface area (Å²) in [5.74, 6) is 0.122. The van der Waals surface area contributed by atoms with E-state index in [0.717, 1.165) is 20.6 Å². The van der Waals surface area contributed by atoms with Gasteiger partial charge in [0.2, 0.25) is 21.8 Å². The Hall–Kier alpha value is -2.59. The largest absolute Gasteiger partial charge is 0.497 e. The normalized spacial score (nSPS) is 12.2. The van der Waals surface area contributed by atoms with Crippen molar-refractivity contribution in [2.24, 2.45) is 5.92 Å². The van der Waals surface area contributed by atoms with Crippen molar-refractivity contribution in [3.63, 3.8) is 0 Å². The van der Waals surface area contributed by atoms with Crippen LogP contribution in [0.4, 0.5) is 5.69 Å². The highest BCUT2D eigenvalue weighted by Gasteiger charge is 2.31. The number of halogens is 1. The number of sulfonamides is 1. The lowest BCUT2D eigenvalue weighted by atomic mass is 10.1. The topological polar surface area (TPSA) is 96.0 Å². The smallest absolute Gasteiger partial charge is 0.244 e. The molecule has 2 rings (SSSR count). The van der Waals surface area contributed by atoms with Crippen LogP contribution >= 0.6 is 15.9 Å². The van der Waals surface area contributed by atoms with Gasteiger partial charge in [0.15, 0.2) is 0 Å². The van der Waals surface area contributed by atoms with E-state index in [4.69, 9.17) is 4.74 Å². The predicted octanol–water partition coefficient (Wildman–Crippen LogP) is 3.80. The maximum atomic E-state index is 13.6. The molecule has 1 atom stereocenters. The van der Waals surface area contributed by atoms with E-state index >= 15 is 0 Å². The van der Waals surface area contributed by atoms with Crippen molar-refractivity contribution < 1.29 is 22.7 Å². The summed E-state index contributed by atoms with van der Waals surface area (Å²) in [5, 5.41) is 2.90. The lowest BCUT2D eigenvalue weighted by Gasteiger charge is -2.33. The number of benzene rings is 2. The van der Waals surface area contributed by atoms with E-state index in [1.54, 1.807) is 49.6 Å². The summed E-state index contributed by atoms with van der Waals surface area (Å²) in [6.07, 6.45) is 1.43. The number of methoxy groups -OCH3 is 1. The third kappa shape index (κ3) is 8.54. The van der Waals surface area contributed by atoms with Gasteiger partial charge in [-0.2, -0.15) is 0 Å². The highest BCUT2D eigenvalue weighted by molar-refractivity contribution is 9.10. The molecule has 0 heterocycles. The molecule has 0 aromatic heterocycles. The van der Waals surface area contributed by atoms with E-state index in [2.05, 4.69) is 21.2 Å². The first-order valence-electron chi connectivity index (χ1n) is 11.4. The average molecular weight is 569 g/mol. The summed E-state index contributed by atoms with van der Waals surface area (Å²) in [5.41, 5.74) is 1.13. The summed E-state index contributed by atoms with van der Waals surface area (Å²) in [4.78, 5) is 28.1. The summed E-state index contributed by atoms with van der Waals surface area (Å²) < 4.78 is 32.4. The van der Waals surface area contributed by atoms with Crippen LogP contribution in [0.5, 0.6) is 5.75 Å². The van der Waals surface area contributed by atoms with Crippen LogP contribution in [0.15, 0.2) is 53.0 Å². The van der Waals surface area contributed by atoms with Gasteiger partial charge >= 0.3 is 0 Å². The fourth-order valence-electron chi connectivity index (χ4n) is 3.53. The van der Waals surface area contributed by atoms with Crippen LogP contribution in [-0.4, -0.2) is 57.6 Å². The first kappa shape index (κ1) is 28.6. The van der Waals surface area contributed by atoms with Crippen LogP contribution in [0.25, 0.3) is 0 Å². The molecule has 0 bridgehead atoms. The minimum Gasteiger partial charge on any atom is -0.497 e. The fraction of sp³-hybridized carbons (Fsp3) is 0.440. The lowest BCUT2D eigenvalue weighted by molar-refractivity contribution is -0.140. The van der Waals surface area contributed by atoms with Gasteiger partial charge < -0.3 is 15.0 Å². The molecule has 0 aliphatic rings. The molecular weight excluding hydrogens is 534 g/mol. The first-order chi connectivity index (χ1) is 16.5. The number of ether oxygens (including phenoxy) is 1. The van der Waals surface area contributed by atoms with Gasteiger partial charge in [0, 0.05) is 17.6 Å². The Bertz CT molecular complexity index is 1110. The number of hydrogen-bond acceptors (Lipinski definition) is 5. The van der Waals surface area contributed by atoms with Gasteiger partial charge in [0.1, 0.15) is 18.3 Å². The van der Waals surface area contributed by atoms with E-state index < -0.39 is 28.5 Å². The molecule has 192 valence electrons. The van der Waals surface area contributed by atoms with Gasteiger partial charge in [-0.05, 0) is 54.3 Å². The monoisotopic (exact) mass is 567 g/mol. The Morgan fingerprint density at radius 1 is 1.11 bits per heavy atom. The molecule has 35 heavy (non-hydrogen) atoms. The Labute approximate surface area is 216 Å². The zero-order chi connectivity index (χ0) is 26.2. The Kier molecular flexibility index (Phi) is 10.6. The van der Waals surface area contributed by atoms with Crippen molar-refractivity contribution >= 4 is 43.5 Å². The summed E-state index contributed by atoms with van der Waals surface area (Å²) in [6.45, 7) is 5.98. The van der Waals surface area contributed by atoms with Crippen LogP contribution in [-0.2, 0) is 26.2 Å². The van der Waals surface area contributed by atoms with Crippen molar-refractivity contribution in [1.82, 2.24) is 10.2 Å². The Morgan fingerprint density at radius 3 is 2.31 bits per heavy atom. The molecule has 2 aromatic carbocycles. The van der Waals surface area contributed by atoms with Crippen LogP contribution in [0, 0.1) is 5.92 Å². The van der Waals surface area contributed by atoms with Gasteiger partial charge in [-0.3, -0.25) is 13.9 Å². The van der Waals surface area contributed by atoms with E-state index in [9.17, 15) is 18.0 Å². The number of carbonyl (C=O) groups is 2. The lowest BCUT2D eigenvalue weighted by Crippen LogP contribution is -2.52. The van der Waals surface area contributed by atoms with E-state index in [1.165, 1.54) is 4.90 Å². The minimum absolute atomic E-state index is 0.127. The second-order valence-corrected chi connectivity index (χ2v) is 11.5. The van der Waals surface area contributed by atoms with Gasteiger partial charge in [0.25, 0.3) is 0 Å². The highest BCUT2D eigenvalue weighted by Crippen LogP contribution is 2.22. The molecule has 0 unspecified atom stereocenters. The van der Waals surface area contributed by atoms with E-state index in [-0.39, 0.29) is 18.4 Å². The van der Waals surface area contributed by atoms with Crippen LogP contribution in [0.1, 0.15) is 32.8 Å². The minimum atomic E-state index is -3.77. The van der Waals surface area contributed by atoms with Crippen LogP contribution in [0.2, 0.25) is 0 Å². The predicted molar refractivity (Wildman–Crippen MR) is 142 cm³/mol. The summed E-state index contributed by atoms with van der Waals surface area (Å²) in [7, 11) is -2.21. The molecule has 1 N–H and O–H groups in total. The first-order valence-corrected chi connectivity index (χ1v) is 14.0. The number of anilines is 1. The van der Waals surface area contributed by atoms with Crippen molar-refractivity contribution in [2.75, 3.05) is 30.8 Å². The molecule has 8 nitrogen and oxygen atoms in total. The molecule has 2 amide bonds. The van der Waals surface area contributed by atoms with E-state index in [1.807, 2.05) is 26.8 Å². The van der Waals surface area contributed by atoms with Crippen LogP contribution < -0.4 is 14.4 Å². The van der Waals surface area contributed by atoms with Crippen molar-refractivity contribution in [3.05, 3.63) is 58.6 Å². The third-order valence-corrected chi connectivity index (χ3v) is 7.02. The molecule has 0 spiro atoms. The molecule has 0 saturated heterocycles.